The molecule has 0 unspecified atom stereocenters. The van der Waals surface area contributed by atoms with Gasteiger partial charge in [-0.1, -0.05) is 6.42 Å². The van der Waals surface area contributed by atoms with Gasteiger partial charge in [0.2, 0.25) is 23.6 Å². The normalized spacial score (nSPS) is 13.6. The van der Waals surface area contributed by atoms with Gasteiger partial charge in [0.15, 0.2) is 17.9 Å². The van der Waals surface area contributed by atoms with Crippen molar-refractivity contribution in [2.24, 2.45) is 34.4 Å². The fourth-order valence-electron chi connectivity index (χ4n) is 4.88. The highest BCUT2D eigenvalue weighted by Crippen LogP contribution is 2.08. The molecule has 0 fully saturated rings. The molecule has 22 heteroatoms. The monoisotopic (exact) mass is 743 g/mol. The van der Waals surface area contributed by atoms with Crippen LogP contribution in [0.2, 0.25) is 0 Å². The third-order valence-electron chi connectivity index (χ3n) is 7.72. The van der Waals surface area contributed by atoms with Crippen LogP contribution in [0.4, 0.5) is 0 Å². The Labute approximate surface area is 304 Å². The van der Waals surface area contributed by atoms with Crippen LogP contribution < -0.4 is 71.6 Å². The smallest absolute Gasteiger partial charge is 0.326 e. The van der Waals surface area contributed by atoms with Gasteiger partial charge < -0.3 is 76.7 Å². The van der Waals surface area contributed by atoms with E-state index in [1.807, 2.05) is 0 Å². The Morgan fingerprint density at radius 1 is 0.481 bits per heavy atom. The molecular weight excluding hydrogens is 680 g/mol. The van der Waals surface area contributed by atoms with Crippen LogP contribution >= 0.6 is 0 Å². The van der Waals surface area contributed by atoms with Crippen LogP contribution in [-0.4, -0.2) is 116 Å². The first kappa shape index (κ1) is 47.0. The number of amides is 4. The number of carbonyl (C=O) groups is 5. The van der Waals surface area contributed by atoms with E-state index in [1.54, 1.807) is 0 Å². The summed E-state index contributed by atoms with van der Waals surface area (Å²) < 4.78 is 0. The second kappa shape index (κ2) is 27.7. The fourth-order valence-corrected chi connectivity index (χ4v) is 4.88. The molecule has 0 aromatic heterocycles. The van der Waals surface area contributed by atoms with Crippen molar-refractivity contribution in [3.05, 3.63) is 0 Å². The zero-order valence-electron chi connectivity index (χ0n) is 29.9. The molecule has 0 aromatic rings. The maximum atomic E-state index is 13.8. The topological polar surface area (TPSA) is 417 Å². The van der Waals surface area contributed by atoms with Crippen LogP contribution in [0.25, 0.3) is 0 Å². The van der Waals surface area contributed by atoms with Gasteiger partial charge in [-0.25, -0.2) is 4.79 Å². The highest BCUT2D eigenvalue weighted by Gasteiger charge is 2.31. The molecule has 0 aliphatic heterocycles. The Bertz CT molecular complexity index is 1160. The molecule has 0 aromatic carbocycles. The van der Waals surface area contributed by atoms with Crippen molar-refractivity contribution in [3.8, 4) is 0 Å². The number of hydrogen-bond acceptors (Lipinski definition) is 11. The van der Waals surface area contributed by atoms with Gasteiger partial charge in [-0.15, -0.1) is 0 Å². The van der Waals surface area contributed by atoms with Gasteiger partial charge in [0, 0.05) is 19.6 Å². The highest BCUT2D eigenvalue weighted by molar-refractivity contribution is 5.95. The van der Waals surface area contributed by atoms with Gasteiger partial charge in [0.25, 0.3) is 0 Å². The van der Waals surface area contributed by atoms with Gasteiger partial charge in [-0.2, -0.15) is 0 Å². The number of nitrogens with one attached hydrogen (secondary N) is 10. The average molecular weight is 743 g/mol. The van der Waals surface area contributed by atoms with Crippen molar-refractivity contribution in [2.45, 2.75) is 107 Å². The number of aliphatic carboxylic acids is 1. The molecule has 0 aliphatic rings. The van der Waals surface area contributed by atoms with Crippen LogP contribution in [0, 0.1) is 16.2 Å². The summed E-state index contributed by atoms with van der Waals surface area (Å²) in [5.41, 5.74) is 33.2. The minimum atomic E-state index is -1.26. The summed E-state index contributed by atoms with van der Waals surface area (Å²) in [5, 5.41) is 50.0. The minimum Gasteiger partial charge on any atom is -0.480 e. The van der Waals surface area contributed by atoms with Crippen LogP contribution in [-0.2, 0) is 24.0 Å². The molecule has 23 N–H and O–H groups in total. The number of carboxylic acids is 1. The van der Waals surface area contributed by atoms with Crippen LogP contribution in [0.15, 0.2) is 0 Å². The van der Waals surface area contributed by atoms with Crippen molar-refractivity contribution in [1.29, 1.82) is 16.2 Å². The second-order valence-corrected chi connectivity index (χ2v) is 12.2. The zero-order valence-corrected chi connectivity index (χ0v) is 29.9. The fraction of sp³-hybridized carbons (Fsp3) is 0.733. The number of guanidine groups is 3. The maximum Gasteiger partial charge on any atom is 0.326 e. The molecule has 0 spiro atoms. The van der Waals surface area contributed by atoms with E-state index < -0.39 is 59.8 Å². The predicted molar refractivity (Wildman–Crippen MR) is 197 cm³/mol. The van der Waals surface area contributed by atoms with Crippen LogP contribution in [0.1, 0.15) is 77.0 Å². The lowest BCUT2D eigenvalue weighted by Crippen LogP contribution is -2.58. The van der Waals surface area contributed by atoms with E-state index in [4.69, 9.17) is 50.6 Å². The standard InChI is InChI=1S/C30H62N16O6/c31-13-3-1-8-18(33)23(47)43-19(10-5-15-40-28(34)35)24(48)44-20(11-6-16-41-29(36)37)25(49)45-21(12-7-17-42-30(38)39)26(50)46-22(27(51)52)9-2-4-14-32/h18-22H,1-17,31-33H2,(H,43,47)(H,44,48)(H,45,49)(H,46,50)(H,51,52)(H4,34,35,40)(H4,36,37,41)(H4,38,39,42)/t18-,19-,20-,21-,22-/m0/s1. The molecule has 22 nitrogen and oxygen atoms in total. The first-order chi connectivity index (χ1) is 24.6. The third kappa shape index (κ3) is 22.7. The Balaban J connectivity index is 6.20. The van der Waals surface area contributed by atoms with Crippen molar-refractivity contribution in [3.63, 3.8) is 0 Å². The number of carbonyl (C=O) groups excluding carboxylic acids is 4. The number of unbranched alkanes of at least 4 members (excludes halogenated alkanes) is 2. The summed E-state index contributed by atoms with van der Waals surface area (Å²) in [6.45, 7) is 1.35. The van der Waals surface area contributed by atoms with Crippen molar-refractivity contribution in [1.82, 2.24) is 37.2 Å². The first-order valence-electron chi connectivity index (χ1n) is 17.5. The predicted octanol–water partition coefficient (Wildman–Crippen LogP) is -4.61. The summed E-state index contributed by atoms with van der Waals surface area (Å²) in [4.78, 5) is 65.7. The third-order valence-corrected chi connectivity index (χ3v) is 7.72. The summed E-state index contributed by atoms with van der Waals surface area (Å²) in [6, 6.07) is -5.80. The van der Waals surface area contributed by atoms with E-state index in [-0.39, 0.29) is 76.0 Å². The van der Waals surface area contributed by atoms with E-state index >= 15 is 0 Å². The molecule has 0 saturated heterocycles. The van der Waals surface area contributed by atoms with Crippen molar-refractivity contribution in [2.75, 3.05) is 32.7 Å². The first-order valence-corrected chi connectivity index (χ1v) is 17.5. The minimum absolute atomic E-state index is 0.0140. The van der Waals surface area contributed by atoms with Gasteiger partial charge in [0.05, 0.1) is 6.04 Å². The van der Waals surface area contributed by atoms with Crippen LogP contribution in [0.5, 0.6) is 0 Å². The Morgan fingerprint density at radius 2 is 0.788 bits per heavy atom. The van der Waals surface area contributed by atoms with E-state index in [1.165, 1.54) is 0 Å². The maximum absolute atomic E-state index is 13.8. The summed E-state index contributed by atoms with van der Waals surface area (Å²) in [7, 11) is 0. The van der Waals surface area contributed by atoms with Crippen molar-refractivity contribution < 1.29 is 29.1 Å². The Hall–Kier alpha value is -4.96. The average Bonchev–Trinajstić information content (AvgIpc) is 3.07. The Morgan fingerprint density at radius 3 is 1.12 bits per heavy atom. The second-order valence-electron chi connectivity index (χ2n) is 12.2. The number of nitrogens with two attached hydrogens (primary N) is 6. The van der Waals surface area contributed by atoms with E-state index in [2.05, 4.69) is 37.2 Å². The Kier molecular flexibility index (Phi) is 25.1. The van der Waals surface area contributed by atoms with Gasteiger partial charge in [0.1, 0.15) is 24.2 Å². The number of rotatable bonds is 29. The van der Waals surface area contributed by atoms with Crippen LogP contribution in [0.3, 0.4) is 0 Å². The summed E-state index contributed by atoms with van der Waals surface area (Å²) in [6.07, 6.45) is 3.59. The molecular formula is C30H62N16O6. The molecule has 0 radical (unpaired) electrons. The number of hydrogen-bond donors (Lipinski definition) is 17. The SMILES string of the molecule is N=C(N)NCCC[C@H](NC(=O)[C@H](CCCNC(=N)N)NC(=O)[C@H](CCCNC(=N)N)NC(=O)[C@@H](N)CCCCN)C(=O)N[C@@H](CCCCN)C(=O)O. The van der Waals surface area contributed by atoms with E-state index in [0.717, 1.165) is 0 Å². The molecule has 0 rings (SSSR count). The molecule has 0 bridgehead atoms. The van der Waals surface area contributed by atoms with E-state index in [9.17, 15) is 29.1 Å². The van der Waals surface area contributed by atoms with E-state index in [0.29, 0.717) is 51.6 Å². The lowest BCUT2D eigenvalue weighted by Gasteiger charge is -2.27. The summed E-state index contributed by atoms with van der Waals surface area (Å²) >= 11 is 0. The lowest BCUT2D eigenvalue weighted by molar-refractivity contribution is -0.142. The number of carboxylic acid groups (broad SMARTS) is 1. The van der Waals surface area contributed by atoms with Gasteiger partial charge in [-0.05, 0) is 83.7 Å². The largest absolute Gasteiger partial charge is 0.480 e. The quantitative estimate of drug-likeness (QED) is 0.0195. The highest BCUT2D eigenvalue weighted by atomic mass is 16.4. The lowest BCUT2D eigenvalue weighted by atomic mass is 10.0. The molecule has 298 valence electrons. The molecule has 0 aliphatic carbocycles. The molecule has 5 atom stereocenters. The van der Waals surface area contributed by atoms with Gasteiger partial charge in [-0.3, -0.25) is 35.4 Å². The molecule has 0 heterocycles. The molecule has 0 saturated carbocycles. The van der Waals surface area contributed by atoms with Gasteiger partial charge >= 0.3 is 5.97 Å². The molecule has 52 heavy (non-hydrogen) atoms. The summed E-state index contributed by atoms with van der Waals surface area (Å²) in [5.74, 6) is -4.98. The van der Waals surface area contributed by atoms with Crippen molar-refractivity contribution >= 4 is 47.5 Å². The zero-order chi connectivity index (χ0) is 39.5. The molecule has 4 amide bonds.